The van der Waals surface area contributed by atoms with Crippen molar-refractivity contribution in [2.75, 3.05) is 25.0 Å². The van der Waals surface area contributed by atoms with E-state index < -0.39 is 0 Å². The lowest BCUT2D eigenvalue weighted by Crippen LogP contribution is -2.42. The largest absolute Gasteiger partial charge is 0.384 e. The first-order valence-corrected chi connectivity index (χ1v) is 7.03. The van der Waals surface area contributed by atoms with E-state index in [1.807, 2.05) is 18.7 Å². The second kappa shape index (κ2) is 5.92. The number of amides is 2. The number of anilines is 1. The number of halogens is 1. The van der Waals surface area contributed by atoms with Gasteiger partial charge in [0.2, 0.25) is 0 Å². The van der Waals surface area contributed by atoms with Gasteiger partial charge >= 0.3 is 6.03 Å². The lowest BCUT2D eigenvalue weighted by molar-refractivity contribution is 0.204. The number of benzene rings is 1. The van der Waals surface area contributed by atoms with E-state index in [0.717, 1.165) is 19.6 Å². The summed E-state index contributed by atoms with van der Waals surface area (Å²) >= 11 is 0. The second-order valence-corrected chi connectivity index (χ2v) is 5.84. The molecule has 2 aliphatic rings. The first-order chi connectivity index (χ1) is 9.15. The summed E-state index contributed by atoms with van der Waals surface area (Å²) in [5, 5.41) is 6.46. The summed E-state index contributed by atoms with van der Waals surface area (Å²) in [6.07, 6.45) is 0. The summed E-state index contributed by atoms with van der Waals surface area (Å²) in [5.41, 5.74) is 2.59. The van der Waals surface area contributed by atoms with Crippen LogP contribution in [0, 0.1) is 5.92 Å². The standard InChI is InChI=1S/C15H21N3O.ClH/c1-10(2)17-15(19)18-8-11-7-16-14-6-4-3-5-12(14)13(11)9-18;/h3-6,10-11,13,16H,7-9H2,1-2H3,(H,17,19);1H/t11-,13-;/m0./s1. The molecule has 20 heavy (non-hydrogen) atoms. The fourth-order valence-electron chi connectivity index (χ4n) is 3.16. The van der Waals surface area contributed by atoms with Gasteiger partial charge in [-0.25, -0.2) is 4.79 Å². The molecule has 0 spiro atoms. The summed E-state index contributed by atoms with van der Waals surface area (Å²) < 4.78 is 0. The Kier molecular flexibility index (Phi) is 4.43. The normalized spacial score (nSPS) is 23.4. The minimum Gasteiger partial charge on any atom is -0.384 e. The summed E-state index contributed by atoms with van der Waals surface area (Å²) in [4.78, 5) is 14.1. The molecule has 0 aliphatic carbocycles. The number of nitrogens with one attached hydrogen (secondary N) is 2. The average molecular weight is 296 g/mol. The van der Waals surface area contributed by atoms with Crippen molar-refractivity contribution in [2.24, 2.45) is 5.92 Å². The van der Waals surface area contributed by atoms with Crippen molar-refractivity contribution in [2.45, 2.75) is 25.8 Å². The fourth-order valence-corrected chi connectivity index (χ4v) is 3.16. The van der Waals surface area contributed by atoms with Gasteiger partial charge in [0.25, 0.3) is 0 Å². The Bertz CT molecular complexity index is 492. The van der Waals surface area contributed by atoms with Crippen molar-refractivity contribution in [1.82, 2.24) is 10.2 Å². The molecule has 2 N–H and O–H groups in total. The number of hydrogen-bond donors (Lipinski definition) is 2. The van der Waals surface area contributed by atoms with Crippen LogP contribution in [0.3, 0.4) is 0 Å². The highest BCUT2D eigenvalue weighted by Gasteiger charge is 2.39. The molecule has 0 saturated carbocycles. The number of para-hydroxylation sites is 1. The maximum Gasteiger partial charge on any atom is 0.317 e. The van der Waals surface area contributed by atoms with Crippen molar-refractivity contribution in [3.8, 4) is 0 Å². The van der Waals surface area contributed by atoms with Gasteiger partial charge < -0.3 is 15.5 Å². The summed E-state index contributed by atoms with van der Waals surface area (Å²) in [7, 11) is 0. The van der Waals surface area contributed by atoms with Crippen LogP contribution in [-0.4, -0.2) is 36.6 Å². The smallest absolute Gasteiger partial charge is 0.317 e. The predicted molar refractivity (Wildman–Crippen MR) is 83.7 cm³/mol. The van der Waals surface area contributed by atoms with Crippen LogP contribution in [0.2, 0.25) is 0 Å². The number of carbonyl (C=O) groups excluding carboxylic acids is 1. The highest BCUT2D eigenvalue weighted by atomic mass is 35.5. The summed E-state index contributed by atoms with van der Waals surface area (Å²) in [6, 6.07) is 8.72. The SMILES string of the molecule is CC(C)NC(=O)N1C[C@@H]2CNc3ccccc3[C@H]2C1.Cl. The van der Waals surface area contributed by atoms with Crippen molar-refractivity contribution in [1.29, 1.82) is 0 Å². The van der Waals surface area contributed by atoms with Crippen molar-refractivity contribution in [3.05, 3.63) is 29.8 Å². The Morgan fingerprint density at radius 1 is 1.35 bits per heavy atom. The molecule has 1 saturated heterocycles. The zero-order valence-corrected chi connectivity index (χ0v) is 12.7. The van der Waals surface area contributed by atoms with Crippen LogP contribution in [0.1, 0.15) is 25.3 Å². The van der Waals surface area contributed by atoms with Gasteiger partial charge in [-0.3, -0.25) is 0 Å². The van der Waals surface area contributed by atoms with Gasteiger partial charge in [0.05, 0.1) is 0 Å². The molecule has 2 amide bonds. The zero-order valence-electron chi connectivity index (χ0n) is 11.9. The highest BCUT2D eigenvalue weighted by Crippen LogP contribution is 2.39. The second-order valence-electron chi connectivity index (χ2n) is 5.84. The molecule has 0 unspecified atom stereocenters. The van der Waals surface area contributed by atoms with Gasteiger partial charge in [0, 0.05) is 43.2 Å². The number of rotatable bonds is 1. The molecule has 0 radical (unpaired) electrons. The van der Waals surface area contributed by atoms with Crippen molar-refractivity contribution < 1.29 is 4.79 Å². The number of likely N-dealkylation sites (tertiary alicyclic amines) is 1. The van der Waals surface area contributed by atoms with Gasteiger partial charge in [-0.1, -0.05) is 18.2 Å². The molecule has 1 fully saturated rings. The van der Waals surface area contributed by atoms with E-state index in [9.17, 15) is 4.79 Å². The number of nitrogens with zero attached hydrogens (tertiary/aromatic N) is 1. The van der Waals surface area contributed by atoms with E-state index in [4.69, 9.17) is 0 Å². The molecule has 3 rings (SSSR count). The molecule has 0 bridgehead atoms. The third-order valence-electron chi connectivity index (χ3n) is 4.06. The van der Waals surface area contributed by atoms with E-state index in [1.165, 1.54) is 11.3 Å². The van der Waals surface area contributed by atoms with Crippen molar-refractivity contribution >= 4 is 24.1 Å². The molecule has 1 aromatic carbocycles. The quantitative estimate of drug-likeness (QED) is 0.836. The number of urea groups is 1. The monoisotopic (exact) mass is 295 g/mol. The maximum absolute atomic E-state index is 12.1. The molecule has 4 nitrogen and oxygen atoms in total. The third kappa shape index (κ3) is 2.70. The maximum atomic E-state index is 12.1. The van der Waals surface area contributed by atoms with Crippen LogP contribution in [0.25, 0.3) is 0 Å². The molecule has 1 aromatic rings. The Labute approximate surface area is 126 Å². The van der Waals surface area contributed by atoms with Gasteiger partial charge in [-0.05, 0) is 25.5 Å². The predicted octanol–water partition coefficient (Wildman–Crippen LogP) is 2.67. The van der Waals surface area contributed by atoms with E-state index in [1.54, 1.807) is 0 Å². The van der Waals surface area contributed by atoms with Gasteiger partial charge in [0.15, 0.2) is 0 Å². The van der Waals surface area contributed by atoms with E-state index in [0.29, 0.717) is 11.8 Å². The minimum atomic E-state index is 0. The average Bonchev–Trinajstić information content (AvgIpc) is 2.82. The number of fused-ring (bicyclic) bond motifs is 3. The molecule has 5 heteroatoms. The molecule has 0 aromatic heterocycles. The first-order valence-electron chi connectivity index (χ1n) is 7.03. The van der Waals surface area contributed by atoms with Crippen LogP contribution in [0.5, 0.6) is 0 Å². The van der Waals surface area contributed by atoms with Crippen LogP contribution < -0.4 is 10.6 Å². The van der Waals surface area contributed by atoms with Gasteiger partial charge in [0.1, 0.15) is 0 Å². The first kappa shape index (κ1) is 15.0. The summed E-state index contributed by atoms with van der Waals surface area (Å²) in [6.45, 7) is 6.65. The highest BCUT2D eigenvalue weighted by molar-refractivity contribution is 5.85. The van der Waals surface area contributed by atoms with E-state index in [2.05, 4.69) is 34.9 Å². The van der Waals surface area contributed by atoms with E-state index in [-0.39, 0.29) is 24.5 Å². The Balaban J connectivity index is 0.00000147. The number of hydrogen-bond acceptors (Lipinski definition) is 2. The van der Waals surface area contributed by atoms with Gasteiger partial charge in [-0.15, -0.1) is 12.4 Å². The Morgan fingerprint density at radius 3 is 2.85 bits per heavy atom. The molecular weight excluding hydrogens is 274 g/mol. The Morgan fingerprint density at radius 2 is 2.10 bits per heavy atom. The third-order valence-corrected chi connectivity index (χ3v) is 4.06. The zero-order chi connectivity index (χ0) is 13.4. The molecule has 2 atom stereocenters. The van der Waals surface area contributed by atoms with Crippen LogP contribution in [0.4, 0.5) is 10.5 Å². The van der Waals surface area contributed by atoms with Gasteiger partial charge in [-0.2, -0.15) is 0 Å². The molecule has 2 aliphatic heterocycles. The lowest BCUT2D eigenvalue weighted by Gasteiger charge is -2.28. The molecule has 110 valence electrons. The van der Waals surface area contributed by atoms with E-state index >= 15 is 0 Å². The summed E-state index contributed by atoms with van der Waals surface area (Å²) in [5.74, 6) is 1.02. The topological polar surface area (TPSA) is 44.4 Å². The van der Waals surface area contributed by atoms with Crippen molar-refractivity contribution in [3.63, 3.8) is 0 Å². The van der Waals surface area contributed by atoms with Crippen LogP contribution in [-0.2, 0) is 0 Å². The molecular formula is C15H22ClN3O. The Hall–Kier alpha value is -1.42. The van der Waals surface area contributed by atoms with Crippen LogP contribution >= 0.6 is 12.4 Å². The van der Waals surface area contributed by atoms with Crippen LogP contribution in [0.15, 0.2) is 24.3 Å². The molecule has 2 heterocycles. The fraction of sp³-hybridized carbons (Fsp3) is 0.533. The minimum absolute atomic E-state index is 0. The number of carbonyl (C=O) groups is 1. The lowest BCUT2D eigenvalue weighted by atomic mass is 9.85.